The van der Waals surface area contributed by atoms with Gasteiger partial charge in [0, 0.05) is 11.3 Å². The van der Waals surface area contributed by atoms with Crippen LogP contribution in [0.5, 0.6) is 0 Å². The molecule has 0 aromatic heterocycles. The minimum absolute atomic E-state index is 0.222. The van der Waals surface area contributed by atoms with E-state index in [1.54, 1.807) is 11.8 Å². The number of amidine groups is 1. The van der Waals surface area contributed by atoms with Gasteiger partial charge in [0.2, 0.25) is 0 Å². The van der Waals surface area contributed by atoms with E-state index < -0.39 is 18.6 Å². The predicted molar refractivity (Wildman–Crippen MR) is 71.0 cm³/mol. The first-order chi connectivity index (χ1) is 8.05. The van der Waals surface area contributed by atoms with E-state index in [1.165, 1.54) is 6.92 Å². The van der Waals surface area contributed by atoms with Gasteiger partial charge in [-0.15, -0.1) is 0 Å². The van der Waals surface area contributed by atoms with E-state index in [-0.39, 0.29) is 5.41 Å². The highest BCUT2D eigenvalue weighted by atomic mass is 32.2. The van der Waals surface area contributed by atoms with Crippen molar-refractivity contribution < 1.29 is 13.2 Å². The summed E-state index contributed by atoms with van der Waals surface area (Å²) in [5.41, 5.74) is 0.222. The molecule has 0 saturated carbocycles. The van der Waals surface area contributed by atoms with Crippen LogP contribution in [0.4, 0.5) is 13.2 Å². The summed E-state index contributed by atoms with van der Waals surface area (Å²) in [7, 11) is 0. The Labute approximate surface area is 111 Å². The SMILES string of the molecule is CC(CC(F)(F)F)NC1=NCC(CC(C)(C)C)S1. The molecular weight excluding hydrogens is 261 g/mol. The summed E-state index contributed by atoms with van der Waals surface area (Å²) in [5.74, 6) is 0. The first-order valence-electron chi connectivity index (χ1n) is 6.09. The van der Waals surface area contributed by atoms with E-state index in [4.69, 9.17) is 0 Å². The Morgan fingerprint density at radius 3 is 2.50 bits per heavy atom. The van der Waals surface area contributed by atoms with Gasteiger partial charge in [0.1, 0.15) is 0 Å². The molecule has 1 heterocycles. The Morgan fingerprint density at radius 2 is 2.00 bits per heavy atom. The van der Waals surface area contributed by atoms with E-state index in [0.29, 0.717) is 17.0 Å². The lowest BCUT2D eigenvalue weighted by molar-refractivity contribution is -0.138. The maximum absolute atomic E-state index is 12.2. The minimum Gasteiger partial charge on any atom is -0.362 e. The highest BCUT2D eigenvalue weighted by Gasteiger charge is 2.31. The Bertz CT molecular complexity index is 307. The predicted octanol–water partition coefficient (Wildman–Crippen LogP) is 3.82. The van der Waals surface area contributed by atoms with E-state index in [0.717, 1.165) is 6.42 Å². The summed E-state index contributed by atoms with van der Waals surface area (Å²) in [5, 5.41) is 3.88. The van der Waals surface area contributed by atoms with E-state index in [9.17, 15) is 13.2 Å². The zero-order valence-electron chi connectivity index (χ0n) is 11.3. The molecular formula is C12H21F3N2S. The first kappa shape index (κ1) is 15.7. The standard InChI is InChI=1S/C12H21F3N2S/c1-8(5-12(13,14)15)17-10-16-7-9(18-10)6-11(2,3)4/h8-9H,5-7H2,1-4H3,(H,16,17). The number of alkyl halides is 3. The Balaban J connectivity index is 2.34. The van der Waals surface area contributed by atoms with Crippen LogP contribution in [0, 0.1) is 5.41 Å². The van der Waals surface area contributed by atoms with Gasteiger partial charge in [-0.2, -0.15) is 13.2 Å². The molecule has 1 aliphatic rings. The minimum atomic E-state index is -4.12. The van der Waals surface area contributed by atoms with Crippen molar-refractivity contribution >= 4 is 16.9 Å². The quantitative estimate of drug-likeness (QED) is 0.851. The van der Waals surface area contributed by atoms with Crippen molar-refractivity contribution in [3.05, 3.63) is 0 Å². The van der Waals surface area contributed by atoms with E-state index in [2.05, 4.69) is 31.1 Å². The van der Waals surface area contributed by atoms with Gasteiger partial charge in [-0.3, -0.25) is 4.99 Å². The number of hydrogen-bond acceptors (Lipinski definition) is 3. The lowest BCUT2D eigenvalue weighted by atomic mass is 9.90. The second-order valence-electron chi connectivity index (χ2n) is 6.02. The molecule has 2 nitrogen and oxygen atoms in total. The van der Waals surface area contributed by atoms with Gasteiger partial charge < -0.3 is 5.32 Å². The van der Waals surface area contributed by atoms with Crippen LogP contribution in [0.2, 0.25) is 0 Å². The molecule has 0 saturated heterocycles. The van der Waals surface area contributed by atoms with Crippen LogP contribution < -0.4 is 5.32 Å². The summed E-state index contributed by atoms with van der Waals surface area (Å²) in [4.78, 5) is 4.27. The molecule has 0 aromatic carbocycles. The average Bonchev–Trinajstić information content (AvgIpc) is 2.44. The fourth-order valence-corrected chi connectivity index (χ4v) is 3.36. The molecule has 0 aromatic rings. The maximum Gasteiger partial charge on any atom is 0.391 e. The van der Waals surface area contributed by atoms with Crippen LogP contribution in [0.3, 0.4) is 0 Å². The summed E-state index contributed by atoms with van der Waals surface area (Å²) >= 11 is 1.56. The largest absolute Gasteiger partial charge is 0.391 e. The van der Waals surface area contributed by atoms with Crippen molar-refractivity contribution in [1.29, 1.82) is 0 Å². The van der Waals surface area contributed by atoms with Crippen LogP contribution in [-0.4, -0.2) is 29.2 Å². The van der Waals surface area contributed by atoms with Gasteiger partial charge in [0.25, 0.3) is 0 Å². The normalized spacial score (nSPS) is 22.8. The second-order valence-corrected chi connectivity index (χ2v) is 7.30. The third-order valence-electron chi connectivity index (χ3n) is 2.46. The molecule has 0 radical (unpaired) electrons. The molecule has 0 fully saturated rings. The number of nitrogens with one attached hydrogen (secondary N) is 1. The highest BCUT2D eigenvalue weighted by Crippen LogP contribution is 2.32. The number of nitrogens with zero attached hydrogens (tertiary/aromatic N) is 1. The number of thioether (sulfide) groups is 1. The van der Waals surface area contributed by atoms with Crippen LogP contribution in [0.25, 0.3) is 0 Å². The molecule has 0 amide bonds. The summed E-state index contributed by atoms with van der Waals surface area (Å²) in [6.07, 6.45) is -3.93. The van der Waals surface area contributed by atoms with Gasteiger partial charge in [0.15, 0.2) is 5.17 Å². The van der Waals surface area contributed by atoms with Crippen LogP contribution in [0.1, 0.15) is 40.5 Å². The lowest BCUT2D eigenvalue weighted by Gasteiger charge is -2.22. The van der Waals surface area contributed by atoms with Crippen molar-refractivity contribution in [2.24, 2.45) is 10.4 Å². The number of hydrogen-bond donors (Lipinski definition) is 1. The van der Waals surface area contributed by atoms with Crippen molar-refractivity contribution in [3.63, 3.8) is 0 Å². The summed E-state index contributed by atoms with van der Waals surface area (Å²) < 4.78 is 36.6. The smallest absolute Gasteiger partial charge is 0.362 e. The third kappa shape index (κ3) is 6.52. The maximum atomic E-state index is 12.2. The van der Waals surface area contributed by atoms with Gasteiger partial charge in [0.05, 0.1) is 13.0 Å². The monoisotopic (exact) mass is 282 g/mol. The number of aliphatic imine (C=N–C) groups is 1. The topological polar surface area (TPSA) is 24.4 Å². The molecule has 0 bridgehead atoms. The summed E-state index contributed by atoms with van der Waals surface area (Å²) in [6, 6.07) is -0.621. The Morgan fingerprint density at radius 1 is 1.39 bits per heavy atom. The molecule has 1 rings (SSSR count). The number of rotatable bonds is 3. The molecule has 6 heteroatoms. The van der Waals surface area contributed by atoms with Crippen molar-refractivity contribution in [2.75, 3.05) is 6.54 Å². The molecule has 18 heavy (non-hydrogen) atoms. The van der Waals surface area contributed by atoms with Crippen LogP contribution in [-0.2, 0) is 0 Å². The van der Waals surface area contributed by atoms with Crippen LogP contribution >= 0.6 is 11.8 Å². The van der Waals surface area contributed by atoms with Crippen molar-refractivity contribution in [1.82, 2.24) is 5.32 Å². The van der Waals surface area contributed by atoms with Crippen molar-refractivity contribution in [2.45, 2.75) is 58.0 Å². The van der Waals surface area contributed by atoms with Crippen LogP contribution in [0.15, 0.2) is 4.99 Å². The zero-order chi connectivity index (χ0) is 14.0. The fourth-order valence-electron chi connectivity index (χ4n) is 1.90. The molecule has 2 atom stereocenters. The second kappa shape index (κ2) is 5.72. The number of halogens is 3. The molecule has 0 spiro atoms. The van der Waals surface area contributed by atoms with Gasteiger partial charge in [-0.05, 0) is 18.8 Å². The third-order valence-corrected chi connectivity index (χ3v) is 3.58. The molecule has 0 aliphatic carbocycles. The molecule has 1 N–H and O–H groups in total. The first-order valence-corrected chi connectivity index (χ1v) is 6.97. The Kier molecular flexibility index (Phi) is 4.98. The van der Waals surface area contributed by atoms with Gasteiger partial charge in [-0.1, -0.05) is 32.5 Å². The molecule has 106 valence electrons. The zero-order valence-corrected chi connectivity index (χ0v) is 12.1. The van der Waals surface area contributed by atoms with E-state index >= 15 is 0 Å². The molecule has 1 aliphatic heterocycles. The molecule has 2 unspecified atom stereocenters. The lowest BCUT2D eigenvalue weighted by Crippen LogP contribution is -2.34. The Hall–Kier alpha value is -0.390. The van der Waals surface area contributed by atoms with Gasteiger partial charge >= 0.3 is 6.18 Å². The average molecular weight is 282 g/mol. The van der Waals surface area contributed by atoms with Crippen molar-refractivity contribution in [3.8, 4) is 0 Å². The van der Waals surface area contributed by atoms with Gasteiger partial charge in [-0.25, -0.2) is 0 Å². The highest BCUT2D eigenvalue weighted by molar-refractivity contribution is 8.14. The summed E-state index contributed by atoms with van der Waals surface area (Å²) in [6.45, 7) is 8.71. The van der Waals surface area contributed by atoms with E-state index in [1.807, 2.05) is 0 Å². The fraction of sp³-hybridized carbons (Fsp3) is 0.917.